The maximum absolute atomic E-state index is 8.57. The maximum Gasteiger partial charge on any atom is 0.0669 e. The summed E-state index contributed by atoms with van der Waals surface area (Å²) in [6, 6.07) is 8.53. The molecule has 0 amide bonds. The standard InChI is InChI=1S/C12H15N/c1-9(2)12-5-4-11(6-7-13)10(3)8-12/h4-5,8-9H,6H2,1-3H3. The second kappa shape index (κ2) is 4.09. The van der Waals surface area contributed by atoms with Crippen molar-refractivity contribution in [1.29, 1.82) is 5.26 Å². The van der Waals surface area contributed by atoms with Crippen molar-refractivity contribution < 1.29 is 0 Å². The first-order valence-electron chi connectivity index (χ1n) is 4.61. The van der Waals surface area contributed by atoms with Crippen LogP contribution >= 0.6 is 0 Å². The van der Waals surface area contributed by atoms with Gasteiger partial charge in [0.05, 0.1) is 12.5 Å². The number of hydrogen-bond donors (Lipinski definition) is 0. The molecule has 0 fully saturated rings. The Labute approximate surface area is 80.0 Å². The van der Waals surface area contributed by atoms with Crippen LogP contribution in [0.3, 0.4) is 0 Å². The van der Waals surface area contributed by atoms with E-state index in [0.29, 0.717) is 12.3 Å². The van der Waals surface area contributed by atoms with Gasteiger partial charge in [-0.3, -0.25) is 0 Å². The van der Waals surface area contributed by atoms with Crippen molar-refractivity contribution in [2.24, 2.45) is 0 Å². The van der Waals surface area contributed by atoms with Crippen LogP contribution in [-0.2, 0) is 6.42 Å². The lowest BCUT2D eigenvalue weighted by atomic mass is 9.97. The van der Waals surface area contributed by atoms with E-state index >= 15 is 0 Å². The third-order valence-electron chi connectivity index (χ3n) is 2.30. The highest BCUT2D eigenvalue weighted by Crippen LogP contribution is 2.18. The first-order valence-corrected chi connectivity index (χ1v) is 4.61. The Morgan fingerprint density at radius 3 is 2.54 bits per heavy atom. The zero-order valence-corrected chi connectivity index (χ0v) is 8.46. The zero-order valence-electron chi connectivity index (χ0n) is 8.46. The number of hydrogen-bond acceptors (Lipinski definition) is 1. The van der Waals surface area contributed by atoms with Gasteiger partial charge in [-0.1, -0.05) is 32.0 Å². The molecule has 1 rings (SSSR count). The Morgan fingerprint density at radius 2 is 2.08 bits per heavy atom. The summed E-state index contributed by atoms with van der Waals surface area (Å²) in [5, 5.41) is 8.57. The molecular weight excluding hydrogens is 158 g/mol. The summed E-state index contributed by atoms with van der Waals surface area (Å²) < 4.78 is 0. The summed E-state index contributed by atoms with van der Waals surface area (Å²) in [6.45, 7) is 6.43. The fraction of sp³-hybridized carbons (Fsp3) is 0.417. The van der Waals surface area contributed by atoms with Crippen LogP contribution in [0, 0.1) is 18.3 Å². The second-order valence-electron chi connectivity index (χ2n) is 3.68. The minimum Gasteiger partial charge on any atom is -0.198 e. The van der Waals surface area contributed by atoms with Gasteiger partial charge in [-0.15, -0.1) is 0 Å². The molecule has 0 N–H and O–H groups in total. The molecule has 68 valence electrons. The number of benzene rings is 1. The van der Waals surface area contributed by atoms with E-state index in [4.69, 9.17) is 5.26 Å². The molecule has 0 aliphatic carbocycles. The minimum absolute atomic E-state index is 0.518. The fourth-order valence-corrected chi connectivity index (χ4v) is 1.36. The topological polar surface area (TPSA) is 23.8 Å². The van der Waals surface area contributed by atoms with E-state index in [-0.39, 0.29) is 0 Å². The molecule has 13 heavy (non-hydrogen) atoms. The normalized spacial score (nSPS) is 10.1. The Morgan fingerprint density at radius 1 is 1.38 bits per heavy atom. The largest absolute Gasteiger partial charge is 0.198 e. The Hall–Kier alpha value is -1.29. The molecule has 0 heterocycles. The summed E-state index contributed by atoms with van der Waals surface area (Å²) in [6.07, 6.45) is 0.518. The molecule has 1 aromatic rings. The molecule has 0 spiro atoms. The summed E-state index contributed by atoms with van der Waals surface area (Å²) in [5.74, 6) is 0.565. The van der Waals surface area contributed by atoms with Crippen molar-refractivity contribution in [3.63, 3.8) is 0 Å². The van der Waals surface area contributed by atoms with Crippen LogP contribution in [0.4, 0.5) is 0 Å². The molecule has 0 radical (unpaired) electrons. The molecule has 0 unspecified atom stereocenters. The maximum atomic E-state index is 8.57. The third-order valence-corrected chi connectivity index (χ3v) is 2.30. The summed E-state index contributed by atoms with van der Waals surface area (Å²) in [7, 11) is 0. The van der Waals surface area contributed by atoms with Gasteiger partial charge >= 0.3 is 0 Å². The van der Waals surface area contributed by atoms with Crippen molar-refractivity contribution in [3.05, 3.63) is 34.9 Å². The van der Waals surface area contributed by atoms with Crippen molar-refractivity contribution in [1.82, 2.24) is 0 Å². The first-order chi connectivity index (χ1) is 6.15. The van der Waals surface area contributed by atoms with Gasteiger partial charge in [-0.25, -0.2) is 0 Å². The lowest BCUT2D eigenvalue weighted by Gasteiger charge is -2.08. The second-order valence-corrected chi connectivity index (χ2v) is 3.68. The van der Waals surface area contributed by atoms with Crippen LogP contribution in [0.1, 0.15) is 36.5 Å². The molecular formula is C12H15N. The van der Waals surface area contributed by atoms with Crippen LogP contribution in [0.2, 0.25) is 0 Å². The van der Waals surface area contributed by atoms with E-state index in [0.717, 1.165) is 5.56 Å². The van der Waals surface area contributed by atoms with Crippen molar-refractivity contribution >= 4 is 0 Å². The number of nitrogens with zero attached hydrogens (tertiary/aromatic N) is 1. The van der Waals surface area contributed by atoms with Crippen molar-refractivity contribution in [2.75, 3.05) is 0 Å². The van der Waals surface area contributed by atoms with E-state index in [1.165, 1.54) is 11.1 Å². The van der Waals surface area contributed by atoms with Gasteiger partial charge in [-0.05, 0) is 29.5 Å². The molecule has 0 saturated heterocycles. The van der Waals surface area contributed by atoms with Crippen molar-refractivity contribution in [2.45, 2.75) is 33.1 Å². The molecule has 0 atom stereocenters. The Bertz CT molecular complexity index is 331. The third kappa shape index (κ3) is 2.32. The van der Waals surface area contributed by atoms with Crippen LogP contribution in [0.5, 0.6) is 0 Å². The van der Waals surface area contributed by atoms with Gasteiger partial charge < -0.3 is 0 Å². The molecule has 0 aliphatic heterocycles. The van der Waals surface area contributed by atoms with Crippen LogP contribution < -0.4 is 0 Å². The number of rotatable bonds is 2. The molecule has 0 aliphatic rings. The first kappa shape index (κ1) is 9.80. The van der Waals surface area contributed by atoms with Crippen LogP contribution in [0.25, 0.3) is 0 Å². The van der Waals surface area contributed by atoms with E-state index in [1.807, 2.05) is 0 Å². The summed E-state index contributed by atoms with van der Waals surface area (Å²) in [5.41, 5.74) is 3.72. The average molecular weight is 173 g/mol. The molecule has 0 bridgehead atoms. The monoisotopic (exact) mass is 173 g/mol. The number of aryl methyl sites for hydroxylation is 1. The van der Waals surface area contributed by atoms with Crippen molar-refractivity contribution in [3.8, 4) is 6.07 Å². The highest BCUT2D eigenvalue weighted by molar-refractivity contribution is 5.33. The Balaban J connectivity index is 3.00. The highest BCUT2D eigenvalue weighted by Gasteiger charge is 2.02. The zero-order chi connectivity index (χ0) is 9.84. The molecule has 1 heteroatoms. The smallest absolute Gasteiger partial charge is 0.0669 e. The van der Waals surface area contributed by atoms with Gasteiger partial charge in [0.15, 0.2) is 0 Å². The van der Waals surface area contributed by atoms with E-state index in [9.17, 15) is 0 Å². The van der Waals surface area contributed by atoms with Crippen LogP contribution in [-0.4, -0.2) is 0 Å². The molecule has 0 aromatic heterocycles. The quantitative estimate of drug-likeness (QED) is 0.673. The Kier molecular flexibility index (Phi) is 3.08. The van der Waals surface area contributed by atoms with E-state index in [1.54, 1.807) is 0 Å². The average Bonchev–Trinajstić information content (AvgIpc) is 2.08. The van der Waals surface area contributed by atoms with E-state index < -0.39 is 0 Å². The molecule has 1 nitrogen and oxygen atoms in total. The molecule has 0 saturated carbocycles. The number of nitriles is 1. The van der Waals surface area contributed by atoms with Gasteiger partial charge in [0, 0.05) is 0 Å². The lowest BCUT2D eigenvalue weighted by molar-refractivity contribution is 0.863. The molecule has 1 aromatic carbocycles. The fourth-order valence-electron chi connectivity index (χ4n) is 1.36. The lowest BCUT2D eigenvalue weighted by Crippen LogP contribution is -1.92. The van der Waals surface area contributed by atoms with Crippen LogP contribution in [0.15, 0.2) is 18.2 Å². The summed E-state index contributed by atoms with van der Waals surface area (Å²) >= 11 is 0. The minimum atomic E-state index is 0.518. The predicted octanol–water partition coefficient (Wildman–Crippen LogP) is 3.18. The predicted molar refractivity (Wildman–Crippen MR) is 54.6 cm³/mol. The summed E-state index contributed by atoms with van der Waals surface area (Å²) in [4.78, 5) is 0. The van der Waals surface area contributed by atoms with Gasteiger partial charge in [0.1, 0.15) is 0 Å². The van der Waals surface area contributed by atoms with Gasteiger partial charge in [-0.2, -0.15) is 5.26 Å². The highest BCUT2D eigenvalue weighted by atomic mass is 14.2. The van der Waals surface area contributed by atoms with E-state index in [2.05, 4.69) is 45.0 Å². The SMILES string of the molecule is Cc1cc(C(C)C)ccc1CC#N. The van der Waals surface area contributed by atoms with Gasteiger partial charge in [0.2, 0.25) is 0 Å². The van der Waals surface area contributed by atoms with Gasteiger partial charge in [0.25, 0.3) is 0 Å².